The first kappa shape index (κ1) is 15.3. The molecule has 0 nitrogen and oxygen atoms in total. The fraction of sp³-hybridized carbons (Fsp3) is 0.474. The van der Waals surface area contributed by atoms with E-state index in [1.165, 1.54) is 44.9 Å². The highest BCUT2D eigenvalue weighted by Gasteiger charge is 2.15. The molecule has 1 aromatic carbocycles. The second kappa shape index (κ2) is 8.26. The van der Waals surface area contributed by atoms with Crippen LogP contribution in [0.1, 0.15) is 58.8 Å². The van der Waals surface area contributed by atoms with Crippen LogP contribution in [0.4, 0.5) is 0 Å². The molecule has 108 valence electrons. The van der Waals surface area contributed by atoms with Gasteiger partial charge in [0.25, 0.3) is 0 Å². The summed E-state index contributed by atoms with van der Waals surface area (Å²) in [6.07, 6.45) is 11.9. The van der Waals surface area contributed by atoms with Crippen LogP contribution in [-0.4, -0.2) is 9.52 Å². The minimum Gasteiger partial charge on any atom is -0.0783 e. The van der Waals surface area contributed by atoms with Crippen LogP contribution in [0, 0.1) is 0 Å². The van der Waals surface area contributed by atoms with Crippen molar-refractivity contribution in [3.05, 3.63) is 52.8 Å². The van der Waals surface area contributed by atoms with Crippen LogP contribution < -0.4 is 5.19 Å². The third-order valence-corrected chi connectivity index (χ3v) is 5.94. The van der Waals surface area contributed by atoms with Gasteiger partial charge in [0, 0.05) is 0 Å². The minimum absolute atomic E-state index is 0.225. The summed E-state index contributed by atoms with van der Waals surface area (Å²) >= 11 is 0. The number of hydrogen-bond donors (Lipinski definition) is 0. The standard InChI is InChI=1S/C19H28Si/c1-3-5-7-11-17-15-19(14-16(17)10-4-2)20-18-12-8-6-9-13-18/h6,8-9,12-14H,3-5,7,10-11,15,20H2,1-2H3. The van der Waals surface area contributed by atoms with Crippen molar-refractivity contribution < 1.29 is 0 Å². The van der Waals surface area contributed by atoms with Crippen molar-refractivity contribution in [1.82, 2.24) is 0 Å². The van der Waals surface area contributed by atoms with Crippen LogP contribution in [0.5, 0.6) is 0 Å². The van der Waals surface area contributed by atoms with Crippen molar-refractivity contribution in [1.29, 1.82) is 0 Å². The monoisotopic (exact) mass is 284 g/mol. The van der Waals surface area contributed by atoms with E-state index in [9.17, 15) is 0 Å². The first-order valence-corrected chi connectivity index (χ1v) is 9.69. The normalized spacial score (nSPS) is 15.4. The number of benzene rings is 1. The topological polar surface area (TPSA) is 0 Å². The fourth-order valence-electron chi connectivity index (χ4n) is 3.11. The maximum Gasteiger partial charge on any atom is 0.0828 e. The van der Waals surface area contributed by atoms with E-state index >= 15 is 0 Å². The number of unbranched alkanes of at least 4 members (excludes halogenated alkanes) is 2. The third kappa shape index (κ3) is 4.48. The van der Waals surface area contributed by atoms with Gasteiger partial charge in [-0.3, -0.25) is 0 Å². The largest absolute Gasteiger partial charge is 0.0828 e. The Kier molecular flexibility index (Phi) is 6.32. The van der Waals surface area contributed by atoms with Crippen LogP contribution >= 0.6 is 0 Å². The van der Waals surface area contributed by atoms with E-state index in [0.29, 0.717) is 0 Å². The summed E-state index contributed by atoms with van der Waals surface area (Å²) in [5.41, 5.74) is 3.45. The van der Waals surface area contributed by atoms with Crippen LogP contribution in [-0.2, 0) is 0 Å². The fourth-order valence-corrected chi connectivity index (χ4v) is 4.92. The second-order valence-electron chi connectivity index (χ2n) is 5.98. The van der Waals surface area contributed by atoms with Gasteiger partial charge in [0.2, 0.25) is 0 Å². The zero-order chi connectivity index (χ0) is 14.2. The molecule has 0 fully saturated rings. The van der Waals surface area contributed by atoms with Crippen molar-refractivity contribution in [3.8, 4) is 0 Å². The number of hydrogen-bond acceptors (Lipinski definition) is 0. The Morgan fingerprint density at radius 2 is 1.75 bits per heavy atom. The van der Waals surface area contributed by atoms with Crippen molar-refractivity contribution in [2.45, 2.75) is 58.8 Å². The Balaban J connectivity index is 1.96. The lowest BCUT2D eigenvalue weighted by atomic mass is 10.0. The summed E-state index contributed by atoms with van der Waals surface area (Å²) < 4.78 is 0. The van der Waals surface area contributed by atoms with Crippen LogP contribution in [0.3, 0.4) is 0 Å². The lowest BCUT2D eigenvalue weighted by molar-refractivity contribution is 0.702. The average molecular weight is 285 g/mol. The molecule has 20 heavy (non-hydrogen) atoms. The van der Waals surface area contributed by atoms with Crippen molar-refractivity contribution in [2.24, 2.45) is 0 Å². The molecule has 1 aliphatic carbocycles. The van der Waals surface area contributed by atoms with Gasteiger partial charge in [-0.2, -0.15) is 0 Å². The number of rotatable bonds is 8. The van der Waals surface area contributed by atoms with E-state index in [-0.39, 0.29) is 9.52 Å². The highest BCUT2D eigenvalue weighted by molar-refractivity contribution is 6.61. The molecule has 0 aromatic heterocycles. The highest BCUT2D eigenvalue weighted by Crippen LogP contribution is 2.31. The zero-order valence-electron chi connectivity index (χ0n) is 13.1. The van der Waals surface area contributed by atoms with Gasteiger partial charge in [0.1, 0.15) is 0 Å². The molecule has 0 spiro atoms. The third-order valence-electron chi connectivity index (χ3n) is 4.15. The predicted octanol–water partition coefficient (Wildman–Crippen LogP) is 4.45. The Morgan fingerprint density at radius 1 is 0.950 bits per heavy atom. The second-order valence-corrected chi connectivity index (χ2v) is 8.06. The van der Waals surface area contributed by atoms with Gasteiger partial charge < -0.3 is 0 Å². The Labute approximate surface area is 126 Å². The lowest BCUT2D eigenvalue weighted by Crippen LogP contribution is -2.15. The number of allylic oxidation sites excluding steroid dienone is 4. The molecule has 0 N–H and O–H groups in total. The van der Waals surface area contributed by atoms with Crippen LogP contribution in [0.2, 0.25) is 0 Å². The molecule has 0 bridgehead atoms. The SMILES string of the molecule is CCCCCC1=C(CCC)C=C([SiH2]c2ccccc2)C1. The van der Waals surface area contributed by atoms with Crippen molar-refractivity contribution >= 4 is 14.7 Å². The zero-order valence-corrected chi connectivity index (χ0v) is 14.5. The van der Waals surface area contributed by atoms with Gasteiger partial charge in [-0.05, 0) is 31.3 Å². The molecule has 0 saturated heterocycles. The summed E-state index contributed by atoms with van der Waals surface area (Å²) in [6.45, 7) is 4.60. The molecule has 0 heterocycles. The molecule has 1 aromatic rings. The average Bonchev–Trinajstić information content (AvgIpc) is 2.83. The van der Waals surface area contributed by atoms with E-state index in [4.69, 9.17) is 0 Å². The molecule has 1 heteroatoms. The lowest BCUT2D eigenvalue weighted by Gasteiger charge is -2.07. The molecular weight excluding hydrogens is 256 g/mol. The molecule has 1 aliphatic rings. The smallest absolute Gasteiger partial charge is 0.0783 e. The van der Waals surface area contributed by atoms with Crippen molar-refractivity contribution in [3.63, 3.8) is 0 Å². The molecule has 0 unspecified atom stereocenters. The molecule has 0 radical (unpaired) electrons. The summed E-state index contributed by atoms with van der Waals surface area (Å²) in [6, 6.07) is 11.1. The van der Waals surface area contributed by atoms with Gasteiger partial charge in [-0.15, -0.1) is 0 Å². The molecular formula is C19H28Si. The van der Waals surface area contributed by atoms with Gasteiger partial charge >= 0.3 is 0 Å². The maximum absolute atomic E-state index is 2.56. The predicted molar refractivity (Wildman–Crippen MR) is 93.4 cm³/mol. The first-order valence-electron chi connectivity index (χ1n) is 8.27. The summed E-state index contributed by atoms with van der Waals surface area (Å²) in [7, 11) is -0.225. The molecule has 0 aliphatic heterocycles. The summed E-state index contributed by atoms with van der Waals surface area (Å²) in [4.78, 5) is 0. The molecule has 2 rings (SSSR count). The van der Waals surface area contributed by atoms with E-state index in [0.717, 1.165) is 0 Å². The summed E-state index contributed by atoms with van der Waals surface area (Å²) in [5.74, 6) is 0. The molecule has 0 saturated carbocycles. The maximum atomic E-state index is 2.56. The van der Waals surface area contributed by atoms with Crippen LogP contribution in [0.25, 0.3) is 0 Å². The quantitative estimate of drug-likeness (QED) is 0.489. The first-order chi connectivity index (χ1) is 9.83. The summed E-state index contributed by atoms with van der Waals surface area (Å²) in [5, 5.41) is 3.34. The van der Waals surface area contributed by atoms with E-state index in [1.54, 1.807) is 21.5 Å². The van der Waals surface area contributed by atoms with Crippen molar-refractivity contribution in [2.75, 3.05) is 0 Å². The molecule has 0 amide bonds. The Bertz CT molecular complexity index is 468. The molecule has 0 atom stereocenters. The van der Waals surface area contributed by atoms with Gasteiger partial charge in [-0.1, -0.05) is 85.5 Å². The van der Waals surface area contributed by atoms with E-state index in [1.807, 2.05) is 0 Å². The van der Waals surface area contributed by atoms with E-state index < -0.39 is 0 Å². The van der Waals surface area contributed by atoms with Gasteiger partial charge in [-0.25, -0.2) is 0 Å². The van der Waals surface area contributed by atoms with Crippen LogP contribution in [0.15, 0.2) is 52.8 Å². The van der Waals surface area contributed by atoms with E-state index in [2.05, 4.69) is 50.3 Å². The Hall–Kier alpha value is -1.08. The minimum atomic E-state index is -0.225. The highest BCUT2D eigenvalue weighted by atomic mass is 28.2. The van der Waals surface area contributed by atoms with Gasteiger partial charge in [0.05, 0.1) is 9.52 Å². The van der Waals surface area contributed by atoms with Gasteiger partial charge in [0.15, 0.2) is 0 Å². The Morgan fingerprint density at radius 3 is 2.45 bits per heavy atom.